The Hall–Kier alpha value is -0.810. The van der Waals surface area contributed by atoms with E-state index in [2.05, 4.69) is 31.0 Å². The van der Waals surface area contributed by atoms with E-state index < -0.39 is 6.10 Å². The summed E-state index contributed by atoms with van der Waals surface area (Å²) in [6.45, 7) is 11.7. The van der Waals surface area contributed by atoms with Crippen LogP contribution in [0.4, 0.5) is 4.79 Å². The molecule has 1 aliphatic rings. The smallest absolute Gasteiger partial charge is 0.317 e. The van der Waals surface area contributed by atoms with Crippen molar-refractivity contribution in [1.29, 1.82) is 0 Å². The summed E-state index contributed by atoms with van der Waals surface area (Å²) in [7, 11) is 1.72. The van der Waals surface area contributed by atoms with Crippen LogP contribution in [0.25, 0.3) is 0 Å². The molecule has 0 radical (unpaired) electrons. The Morgan fingerprint density at radius 2 is 1.90 bits per heavy atom. The zero-order valence-corrected chi connectivity index (χ0v) is 14.3. The Balaban J connectivity index is 2.46. The van der Waals surface area contributed by atoms with Gasteiger partial charge in [-0.1, -0.05) is 20.8 Å². The fraction of sp³-hybridized carbons (Fsp3) is 0.938. The summed E-state index contributed by atoms with van der Waals surface area (Å²) in [4.78, 5) is 16.1. The largest absolute Gasteiger partial charge is 0.392 e. The minimum absolute atomic E-state index is 0.105. The van der Waals surface area contributed by atoms with E-state index in [1.165, 1.54) is 12.8 Å². The normalized spacial score (nSPS) is 20.3. The van der Waals surface area contributed by atoms with Crippen molar-refractivity contribution in [2.45, 2.75) is 52.7 Å². The van der Waals surface area contributed by atoms with E-state index in [1.54, 1.807) is 18.9 Å². The number of aliphatic hydroxyl groups excluding tert-OH is 1. The molecule has 2 atom stereocenters. The molecule has 0 aromatic heterocycles. The SMILES string of the molecule is CC(O)CN(C)C(=O)NCC(C(C)C)N1CCC(C)CC1. The number of hydrogen-bond acceptors (Lipinski definition) is 3. The molecule has 2 N–H and O–H groups in total. The minimum atomic E-state index is -0.495. The lowest BCUT2D eigenvalue weighted by Gasteiger charge is -2.39. The second-order valence-corrected chi connectivity index (χ2v) is 6.95. The third-order valence-corrected chi connectivity index (χ3v) is 4.40. The zero-order chi connectivity index (χ0) is 16.0. The van der Waals surface area contributed by atoms with Crippen LogP contribution in [0.5, 0.6) is 0 Å². The molecule has 0 saturated carbocycles. The van der Waals surface area contributed by atoms with Gasteiger partial charge in [0.25, 0.3) is 0 Å². The average molecular weight is 299 g/mol. The predicted molar refractivity (Wildman–Crippen MR) is 86.3 cm³/mol. The molecule has 124 valence electrons. The van der Waals surface area contributed by atoms with E-state index in [4.69, 9.17) is 0 Å². The van der Waals surface area contributed by atoms with Gasteiger partial charge in [0.1, 0.15) is 0 Å². The quantitative estimate of drug-likeness (QED) is 0.786. The van der Waals surface area contributed by atoms with Crippen molar-refractivity contribution in [3.8, 4) is 0 Å². The monoisotopic (exact) mass is 299 g/mol. The average Bonchev–Trinajstić information content (AvgIpc) is 2.39. The Bertz CT molecular complexity index is 313. The molecule has 0 aromatic carbocycles. The molecule has 2 unspecified atom stereocenters. The lowest BCUT2D eigenvalue weighted by atomic mass is 9.94. The fourth-order valence-electron chi connectivity index (χ4n) is 2.95. The molecule has 2 amide bonds. The van der Waals surface area contributed by atoms with Gasteiger partial charge in [0.15, 0.2) is 0 Å². The molecule has 0 bridgehead atoms. The molecule has 0 aliphatic carbocycles. The first-order valence-corrected chi connectivity index (χ1v) is 8.22. The van der Waals surface area contributed by atoms with Crippen molar-refractivity contribution in [3.05, 3.63) is 0 Å². The van der Waals surface area contributed by atoms with Gasteiger partial charge in [0.2, 0.25) is 0 Å². The van der Waals surface area contributed by atoms with Crippen LogP contribution in [0.1, 0.15) is 40.5 Å². The highest BCUT2D eigenvalue weighted by molar-refractivity contribution is 5.73. The summed E-state index contributed by atoms with van der Waals surface area (Å²) < 4.78 is 0. The Morgan fingerprint density at radius 3 is 2.38 bits per heavy atom. The number of rotatable bonds is 6. The Labute approximate surface area is 129 Å². The molecular formula is C16H33N3O2. The first-order valence-electron chi connectivity index (χ1n) is 8.22. The molecule has 5 heteroatoms. The fourth-order valence-corrected chi connectivity index (χ4v) is 2.95. The summed E-state index contributed by atoms with van der Waals surface area (Å²) in [5, 5.41) is 12.3. The van der Waals surface area contributed by atoms with E-state index in [-0.39, 0.29) is 6.03 Å². The van der Waals surface area contributed by atoms with E-state index in [9.17, 15) is 9.90 Å². The molecule has 1 aliphatic heterocycles. The number of likely N-dealkylation sites (tertiary alicyclic amines) is 1. The van der Waals surface area contributed by atoms with Gasteiger partial charge in [-0.15, -0.1) is 0 Å². The third kappa shape index (κ3) is 6.22. The number of likely N-dealkylation sites (N-methyl/N-ethyl adjacent to an activating group) is 1. The van der Waals surface area contributed by atoms with E-state index in [0.717, 1.165) is 19.0 Å². The maximum atomic E-state index is 12.0. The van der Waals surface area contributed by atoms with Gasteiger partial charge < -0.3 is 15.3 Å². The first-order chi connectivity index (χ1) is 9.81. The molecule has 21 heavy (non-hydrogen) atoms. The topological polar surface area (TPSA) is 55.8 Å². The number of carbonyl (C=O) groups is 1. The molecule has 1 rings (SSSR count). The van der Waals surface area contributed by atoms with Crippen LogP contribution in [-0.4, -0.2) is 66.3 Å². The molecule has 1 heterocycles. The van der Waals surface area contributed by atoms with Crippen molar-refractivity contribution in [3.63, 3.8) is 0 Å². The highest BCUT2D eigenvalue weighted by Crippen LogP contribution is 2.21. The number of hydrogen-bond donors (Lipinski definition) is 2. The standard InChI is InChI=1S/C16H33N3O2/c1-12(2)15(19-8-6-13(3)7-9-19)10-17-16(21)18(5)11-14(4)20/h12-15,20H,6-11H2,1-5H3,(H,17,21). The van der Waals surface area contributed by atoms with Crippen LogP contribution < -0.4 is 5.32 Å². The maximum absolute atomic E-state index is 12.0. The zero-order valence-electron chi connectivity index (χ0n) is 14.3. The second kappa shape index (κ2) is 8.59. The molecule has 5 nitrogen and oxygen atoms in total. The van der Waals surface area contributed by atoms with Crippen molar-refractivity contribution < 1.29 is 9.90 Å². The van der Waals surface area contributed by atoms with E-state index >= 15 is 0 Å². The summed E-state index contributed by atoms with van der Waals surface area (Å²) >= 11 is 0. The maximum Gasteiger partial charge on any atom is 0.317 e. The Kier molecular flexibility index (Phi) is 7.46. The van der Waals surface area contributed by atoms with E-state index in [0.29, 0.717) is 25.0 Å². The molecule has 0 aromatic rings. The van der Waals surface area contributed by atoms with Crippen LogP contribution >= 0.6 is 0 Å². The van der Waals surface area contributed by atoms with Crippen LogP contribution in [0.3, 0.4) is 0 Å². The van der Waals surface area contributed by atoms with Gasteiger partial charge in [-0.2, -0.15) is 0 Å². The van der Waals surface area contributed by atoms with Gasteiger partial charge in [-0.25, -0.2) is 4.79 Å². The second-order valence-electron chi connectivity index (χ2n) is 6.95. The summed E-state index contributed by atoms with van der Waals surface area (Å²) in [5.74, 6) is 1.33. The molecule has 1 saturated heterocycles. The van der Waals surface area contributed by atoms with E-state index in [1.807, 2.05) is 0 Å². The van der Waals surface area contributed by atoms with Crippen molar-refractivity contribution in [1.82, 2.24) is 15.1 Å². The van der Waals surface area contributed by atoms with Gasteiger partial charge >= 0.3 is 6.03 Å². The lowest BCUT2D eigenvalue weighted by Crippen LogP contribution is -2.51. The van der Waals surface area contributed by atoms with Gasteiger partial charge in [0.05, 0.1) is 6.10 Å². The number of nitrogens with one attached hydrogen (secondary N) is 1. The van der Waals surface area contributed by atoms with Crippen molar-refractivity contribution in [2.75, 3.05) is 33.2 Å². The third-order valence-electron chi connectivity index (χ3n) is 4.40. The number of nitrogens with zero attached hydrogens (tertiary/aromatic N) is 2. The first kappa shape index (κ1) is 18.2. The highest BCUT2D eigenvalue weighted by Gasteiger charge is 2.26. The Morgan fingerprint density at radius 1 is 1.33 bits per heavy atom. The summed E-state index contributed by atoms with van der Waals surface area (Å²) in [6, 6.07) is 0.285. The predicted octanol–water partition coefficient (Wildman–Crippen LogP) is 1.77. The number of piperidine rings is 1. The summed E-state index contributed by atoms with van der Waals surface area (Å²) in [6.07, 6.45) is 2.00. The highest BCUT2D eigenvalue weighted by atomic mass is 16.3. The van der Waals surface area contributed by atoms with Crippen LogP contribution in [0, 0.1) is 11.8 Å². The van der Waals surface area contributed by atoms with Gasteiger partial charge in [-0.3, -0.25) is 4.90 Å². The van der Waals surface area contributed by atoms with Gasteiger partial charge in [0, 0.05) is 26.2 Å². The molecule has 1 fully saturated rings. The summed E-state index contributed by atoms with van der Waals surface area (Å²) in [5.41, 5.74) is 0. The van der Waals surface area contributed by atoms with Crippen LogP contribution in [0.15, 0.2) is 0 Å². The minimum Gasteiger partial charge on any atom is -0.392 e. The van der Waals surface area contributed by atoms with Crippen LogP contribution in [0.2, 0.25) is 0 Å². The molecule has 0 spiro atoms. The van der Waals surface area contributed by atoms with Gasteiger partial charge in [-0.05, 0) is 44.7 Å². The van der Waals surface area contributed by atoms with Crippen LogP contribution in [-0.2, 0) is 0 Å². The molecular weight excluding hydrogens is 266 g/mol. The van der Waals surface area contributed by atoms with Crippen molar-refractivity contribution >= 4 is 6.03 Å². The van der Waals surface area contributed by atoms with Crippen molar-refractivity contribution in [2.24, 2.45) is 11.8 Å². The number of aliphatic hydroxyl groups is 1. The number of amides is 2. The lowest BCUT2D eigenvalue weighted by molar-refractivity contribution is 0.104. The number of urea groups is 1. The number of carbonyl (C=O) groups excluding carboxylic acids is 1.